The van der Waals surface area contributed by atoms with Crippen LogP contribution >= 0.6 is 0 Å². The van der Waals surface area contributed by atoms with Gasteiger partial charge in [-0.1, -0.05) is 18.2 Å². The SMILES string of the molecule is COc1ccc(N2CN(c3ccccc3OC)CC3=C2C2Oc4c(O)ccc5c4[C@@]24CCN(C)[C@H](C5)[C@@H]4C3)cc1. The molecule has 1 spiro atoms. The summed E-state index contributed by atoms with van der Waals surface area (Å²) < 4.78 is 18.3. The molecule has 5 aliphatic rings. The number of fused-ring (bicyclic) bond motifs is 1. The Kier molecular flexibility index (Phi) is 5.15. The van der Waals surface area contributed by atoms with Gasteiger partial charge in [0.25, 0.3) is 0 Å². The van der Waals surface area contributed by atoms with Crippen molar-refractivity contribution < 1.29 is 19.3 Å². The van der Waals surface area contributed by atoms with Gasteiger partial charge in [0.1, 0.15) is 17.6 Å². The summed E-state index contributed by atoms with van der Waals surface area (Å²) in [5, 5.41) is 11.0. The van der Waals surface area contributed by atoms with Crippen molar-refractivity contribution in [2.45, 2.75) is 36.8 Å². The number of phenols is 1. The fourth-order valence-corrected chi connectivity index (χ4v) is 8.50. The molecule has 3 aliphatic heterocycles. The van der Waals surface area contributed by atoms with Crippen LogP contribution in [0.5, 0.6) is 23.0 Å². The molecule has 0 radical (unpaired) electrons. The standard InChI is InChI=1S/C33H35N3O4/c1-34-15-14-33-24-16-21-18-35(25-6-4-5-7-28(25)39-3)19-36(22-9-11-23(38-2)12-10-22)30(21)32(33)40-31-27(37)13-8-20(29(31)33)17-26(24)34/h4-13,24,26,32,37H,14-19H2,1-3H3/t24-,26+,32?,33-/m0/s1. The summed E-state index contributed by atoms with van der Waals surface area (Å²) in [6.45, 7) is 2.53. The van der Waals surface area contributed by atoms with E-state index in [0.717, 1.165) is 55.2 Å². The Balaban J connectivity index is 1.33. The minimum Gasteiger partial charge on any atom is -0.504 e. The molecule has 8 rings (SSSR count). The van der Waals surface area contributed by atoms with Crippen LogP contribution in [0.1, 0.15) is 24.0 Å². The van der Waals surface area contributed by atoms with Crippen molar-refractivity contribution in [3.05, 3.63) is 83.1 Å². The normalized spacial score (nSPS) is 28.1. The van der Waals surface area contributed by atoms with E-state index in [9.17, 15) is 5.11 Å². The second kappa shape index (κ2) is 8.58. The van der Waals surface area contributed by atoms with Crippen LogP contribution in [0.25, 0.3) is 0 Å². The first-order valence-corrected chi connectivity index (χ1v) is 14.3. The minimum atomic E-state index is -0.137. The molecule has 2 aliphatic carbocycles. The molecule has 2 bridgehead atoms. The Morgan fingerprint density at radius 1 is 0.975 bits per heavy atom. The predicted octanol–water partition coefficient (Wildman–Crippen LogP) is 4.93. The van der Waals surface area contributed by atoms with E-state index in [1.54, 1.807) is 14.2 Å². The molecule has 1 saturated heterocycles. The van der Waals surface area contributed by atoms with Gasteiger partial charge in [-0.25, -0.2) is 0 Å². The van der Waals surface area contributed by atoms with Gasteiger partial charge in [-0.05, 0) is 92.4 Å². The number of aromatic hydroxyl groups is 1. The molecule has 3 aromatic carbocycles. The molecular formula is C33H35N3O4. The molecule has 206 valence electrons. The first-order chi connectivity index (χ1) is 19.5. The van der Waals surface area contributed by atoms with Crippen LogP contribution in [0, 0.1) is 5.92 Å². The average molecular weight is 538 g/mol. The lowest BCUT2D eigenvalue weighted by Gasteiger charge is -2.60. The number of likely N-dealkylation sites (tertiary alicyclic amines) is 1. The summed E-state index contributed by atoms with van der Waals surface area (Å²) in [6.07, 6.45) is 2.91. The van der Waals surface area contributed by atoms with E-state index >= 15 is 0 Å². The Morgan fingerprint density at radius 3 is 2.60 bits per heavy atom. The maximum Gasteiger partial charge on any atom is 0.166 e. The number of likely N-dealkylation sites (N-methyl/N-ethyl adjacent to an activating group) is 1. The number of rotatable bonds is 4. The molecule has 1 fully saturated rings. The zero-order chi connectivity index (χ0) is 27.2. The summed E-state index contributed by atoms with van der Waals surface area (Å²) in [7, 11) is 5.73. The van der Waals surface area contributed by atoms with Crippen molar-refractivity contribution in [1.82, 2.24) is 4.90 Å². The van der Waals surface area contributed by atoms with Crippen molar-refractivity contribution in [2.75, 3.05) is 50.8 Å². The molecule has 1 N–H and O–H groups in total. The van der Waals surface area contributed by atoms with Crippen molar-refractivity contribution >= 4 is 11.4 Å². The van der Waals surface area contributed by atoms with Crippen molar-refractivity contribution in [3.8, 4) is 23.0 Å². The molecule has 4 atom stereocenters. The summed E-state index contributed by atoms with van der Waals surface area (Å²) in [5.74, 6) is 3.13. The third kappa shape index (κ3) is 3.10. The van der Waals surface area contributed by atoms with Crippen LogP contribution in [-0.2, 0) is 11.8 Å². The first kappa shape index (κ1) is 24.0. The number of methoxy groups -OCH3 is 2. The quantitative estimate of drug-likeness (QED) is 0.507. The van der Waals surface area contributed by atoms with Gasteiger partial charge < -0.3 is 34.0 Å². The molecule has 1 unspecified atom stereocenters. The van der Waals surface area contributed by atoms with Gasteiger partial charge in [-0.15, -0.1) is 0 Å². The van der Waals surface area contributed by atoms with Gasteiger partial charge in [0.15, 0.2) is 11.5 Å². The Bertz CT molecular complexity index is 1540. The maximum atomic E-state index is 11.0. The van der Waals surface area contributed by atoms with Crippen LogP contribution in [0.15, 0.2) is 71.9 Å². The number of nitrogens with zero attached hydrogens (tertiary/aromatic N) is 3. The monoisotopic (exact) mass is 537 g/mol. The zero-order valence-electron chi connectivity index (χ0n) is 23.3. The smallest absolute Gasteiger partial charge is 0.166 e. The summed E-state index contributed by atoms with van der Waals surface area (Å²) >= 11 is 0. The van der Waals surface area contributed by atoms with E-state index in [1.807, 2.05) is 30.3 Å². The van der Waals surface area contributed by atoms with Gasteiger partial charge in [0.2, 0.25) is 0 Å². The van der Waals surface area contributed by atoms with E-state index in [4.69, 9.17) is 14.2 Å². The summed E-state index contributed by atoms with van der Waals surface area (Å²) in [6, 6.07) is 21.1. The second-order valence-corrected chi connectivity index (χ2v) is 11.9. The third-order valence-electron chi connectivity index (χ3n) is 10.3. The lowest BCUT2D eigenvalue weighted by Crippen LogP contribution is -2.66. The van der Waals surface area contributed by atoms with Crippen LogP contribution in [0.4, 0.5) is 11.4 Å². The molecule has 0 aromatic heterocycles. The number of phenolic OH excluding ortho intramolecular Hbond substituents is 1. The maximum absolute atomic E-state index is 11.0. The van der Waals surface area contributed by atoms with E-state index in [2.05, 4.69) is 52.1 Å². The van der Waals surface area contributed by atoms with Crippen molar-refractivity contribution in [2.24, 2.45) is 5.92 Å². The number of piperidine rings is 1. The molecule has 3 aromatic rings. The van der Waals surface area contributed by atoms with Crippen molar-refractivity contribution in [3.63, 3.8) is 0 Å². The second-order valence-electron chi connectivity index (χ2n) is 11.9. The molecule has 7 heteroatoms. The lowest BCUT2D eigenvalue weighted by atomic mass is 9.51. The Labute approximate surface area is 235 Å². The number of hydrogen-bond acceptors (Lipinski definition) is 7. The van der Waals surface area contributed by atoms with Crippen LogP contribution in [-0.4, -0.2) is 63.2 Å². The lowest BCUT2D eigenvalue weighted by molar-refractivity contribution is -0.0126. The van der Waals surface area contributed by atoms with Crippen molar-refractivity contribution in [1.29, 1.82) is 0 Å². The van der Waals surface area contributed by atoms with Gasteiger partial charge in [0, 0.05) is 29.3 Å². The largest absolute Gasteiger partial charge is 0.504 e. The zero-order valence-corrected chi connectivity index (χ0v) is 23.3. The highest BCUT2D eigenvalue weighted by atomic mass is 16.5. The van der Waals surface area contributed by atoms with Crippen LogP contribution in [0.3, 0.4) is 0 Å². The number of para-hydroxylation sites is 2. The van der Waals surface area contributed by atoms with E-state index in [1.165, 1.54) is 22.4 Å². The molecule has 0 amide bonds. The predicted molar refractivity (Wildman–Crippen MR) is 155 cm³/mol. The van der Waals surface area contributed by atoms with Gasteiger partial charge in [-0.3, -0.25) is 0 Å². The van der Waals surface area contributed by atoms with E-state index in [0.29, 0.717) is 24.4 Å². The Morgan fingerprint density at radius 2 is 1.80 bits per heavy atom. The number of benzene rings is 3. The van der Waals surface area contributed by atoms with Gasteiger partial charge >= 0.3 is 0 Å². The molecule has 40 heavy (non-hydrogen) atoms. The number of anilines is 2. The molecule has 7 nitrogen and oxygen atoms in total. The van der Waals surface area contributed by atoms with Crippen LogP contribution in [0.2, 0.25) is 0 Å². The van der Waals surface area contributed by atoms with Gasteiger partial charge in [-0.2, -0.15) is 0 Å². The highest BCUT2D eigenvalue weighted by Gasteiger charge is 2.66. The first-order valence-electron chi connectivity index (χ1n) is 14.3. The molecule has 3 heterocycles. The van der Waals surface area contributed by atoms with Gasteiger partial charge in [0.05, 0.1) is 32.3 Å². The summed E-state index contributed by atoms with van der Waals surface area (Å²) in [5.41, 5.74) is 7.36. The van der Waals surface area contributed by atoms with E-state index < -0.39 is 0 Å². The number of ether oxygens (including phenoxy) is 3. The minimum absolute atomic E-state index is 0.130. The number of hydrogen-bond donors (Lipinski definition) is 1. The highest BCUT2D eigenvalue weighted by Crippen LogP contribution is 2.65. The topological polar surface area (TPSA) is 57.6 Å². The van der Waals surface area contributed by atoms with Crippen LogP contribution < -0.4 is 24.0 Å². The summed E-state index contributed by atoms with van der Waals surface area (Å²) in [4.78, 5) is 7.42. The fourth-order valence-electron chi connectivity index (χ4n) is 8.50. The molecule has 0 saturated carbocycles. The highest BCUT2D eigenvalue weighted by molar-refractivity contribution is 5.69. The van der Waals surface area contributed by atoms with E-state index in [-0.39, 0.29) is 17.3 Å². The fraction of sp³-hybridized carbons (Fsp3) is 0.394. The average Bonchev–Trinajstić information content (AvgIpc) is 3.35. The Hall–Kier alpha value is -3.84. The third-order valence-corrected chi connectivity index (χ3v) is 10.3. The molecular weight excluding hydrogens is 502 g/mol.